The molecule has 0 saturated carbocycles. The van der Waals surface area contributed by atoms with Gasteiger partial charge in [-0.2, -0.15) is 5.10 Å². The normalized spacial score (nSPS) is 12.5. The number of carboxylic acids is 1. The third-order valence-electron chi connectivity index (χ3n) is 3.90. The van der Waals surface area contributed by atoms with Gasteiger partial charge in [-0.25, -0.2) is 0 Å². The van der Waals surface area contributed by atoms with Crippen molar-refractivity contribution >= 4 is 11.9 Å². The molecule has 0 radical (unpaired) electrons. The number of carboxylic acid groups (broad SMARTS) is 1. The zero-order valence-corrected chi connectivity index (χ0v) is 13.4. The van der Waals surface area contributed by atoms with Crippen molar-refractivity contribution in [3.8, 4) is 0 Å². The van der Waals surface area contributed by atoms with Crippen LogP contribution < -0.4 is 5.32 Å². The molecule has 1 atom stereocenters. The third-order valence-corrected chi connectivity index (χ3v) is 3.90. The Balaban J connectivity index is 2.49. The smallest absolute Gasteiger partial charge is 0.308 e. The molecule has 0 aliphatic heterocycles. The van der Waals surface area contributed by atoms with E-state index in [-0.39, 0.29) is 18.4 Å². The quantitative estimate of drug-likeness (QED) is 0.797. The first-order valence-corrected chi connectivity index (χ1v) is 7.22. The average Bonchev–Trinajstić information content (AvgIpc) is 2.60. The number of rotatable bonds is 7. The SMILES string of the molecule is Cc1nn(C)c(C)c1CCC(=O)NCC(C(=O)O)C(C)C. The van der Waals surface area contributed by atoms with E-state index in [4.69, 9.17) is 5.11 Å². The number of carbonyl (C=O) groups is 2. The van der Waals surface area contributed by atoms with Crippen LogP contribution in [0.3, 0.4) is 0 Å². The van der Waals surface area contributed by atoms with E-state index in [1.807, 2.05) is 39.4 Å². The first-order chi connectivity index (χ1) is 9.73. The molecule has 0 aliphatic carbocycles. The van der Waals surface area contributed by atoms with Crippen molar-refractivity contribution in [2.45, 2.75) is 40.5 Å². The summed E-state index contributed by atoms with van der Waals surface area (Å²) in [5, 5.41) is 16.1. The van der Waals surface area contributed by atoms with E-state index in [9.17, 15) is 9.59 Å². The number of hydrogen-bond donors (Lipinski definition) is 2. The zero-order valence-electron chi connectivity index (χ0n) is 13.4. The Labute approximate surface area is 125 Å². The van der Waals surface area contributed by atoms with Gasteiger partial charge in [0.1, 0.15) is 0 Å². The van der Waals surface area contributed by atoms with Gasteiger partial charge in [-0.1, -0.05) is 13.8 Å². The molecule has 0 aromatic carbocycles. The second kappa shape index (κ2) is 7.24. The zero-order chi connectivity index (χ0) is 16.2. The van der Waals surface area contributed by atoms with E-state index in [0.717, 1.165) is 17.0 Å². The van der Waals surface area contributed by atoms with E-state index in [1.165, 1.54) is 0 Å². The van der Waals surface area contributed by atoms with Gasteiger partial charge in [-0.3, -0.25) is 14.3 Å². The van der Waals surface area contributed by atoms with Crippen molar-refractivity contribution < 1.29 is 14.7 Å². The van der Waals surface area contributed by atoms with Gasteiger partial charge in [-0.05, 0) is 31.7 Å². The number of aromatic nitrogens is 2. The summed E-state index contributed by atoms with van der Waals surface area (Å²) in [5.74, 6) is -1.55. The number of hydrogen-bond acceptors (Lipinski definition) is 3. The van der Waals surface area contributed by atoms with Gasteiger partial charge in [0.25, 0.3) is 0 Å². The Morgan fingerprint density at radius 3 is 2.38 bits per heavy atom. The van der Waals surface area contributed by atoms with Gasteiger partial charge < -0.3 is 10.4 Å². The van der Waals surface area contributed by atoms with Crippen LogP contribution >= 0.6 is 0 Å². The van der Waals surface area contributed by atoms with Crippen LogP contribution in [0.25, 0.3) is 0 Å². The molecule has 0 saturated heterocycles. The van der Waals surface area contributed by atoms with Crippen LogP contribution in [0.15, 0.2) is 0 Å². The van der Waals surface area contributed by atoms with E-state index >= 15 is 0 Å². The fourth-order valence-corrected chi connectivity index (χ4v) is 2.34. The molecular formula is C15H25N3O3. The molecule has 1 aromatic rings. The Morgan fingerprint density at radius 1 is 1.33 bits per heavy atom. The Bertz CT molecular complexity index is 520. The van der Waals surface area contributed by atoms with Gasteiger partial charge in [0, 0.05) is 25.7 Å². The number of nitrogens with one attached hydrogen (secondary N) is 1. The number of nitrogens with zero attached hydrogens (tertiary/aromatic N) is 2. The summed E-state index contributed by atoms with van der Waals surface area (Å²) >= 11 is 0. The van der Waals surface area contributed by atoms with Crippen molar-refractivity contribution in [3.05, 3.63) is 17.0 Å². The fourth-order valence-electron chi connectivity index (χ4n) is 2.34. The topological polar surface area (TPSA) is 84.2 Å². The second-order valence-corrected chi connectivity index (χ2v) is 5.77. The van der Waals surface area contributed by atoms with Gasteiger partial charge in [0.05, 0.1) is 11.6 Å². The highest BCUT2D eigenvalue weighted by Crippen LogP contribution is 2.14. The Morgan fingerprint density at radius 2 is 1.95 bits per heavy atom. The first-order valence-electron chi connectivity index (χ1n) is 7.22. The molecule has 0 fully saturated rings. The molecule has 1 aromatic heterocycles. The second-order valence-electron chi connectivity index (χ2n) is 5.77. The van der Waals surface area contributed by atoms with Crippen LogP contribution in [0.5, 0.6) is 0 Å². The lowest BCUT2D eigenvalue weighted by Gasteiger charge is -2.16. The lowest BCUT2D eigenvalue weighted by molar-refractivity contribution is -0.143. The number of amides is 1. The minimum atomic E-state index is -0.871. The summed E-state index contributed by atoms with van der Waals surface area (Å²) in [6.07, 6.45) is 0.967. The van der Waals surface area contributed by atoms with Crippen LogP contribution in [0.1, 0.15) is 37.2 Å². The molecule has 1 rings (SSSR count). The van der Waals surface area contributed by atoms with Gasteiger partial charge in [0.15, 0.2) is 0 Å². The summed E-state index contributed by atoms with van der Waals surface area (Å²) in [6.45, 7) is 7.77. The van der Waals surface area contributed by atoms with Gasteiger partial charge >= 0.3 is 5.97 Å². The molecule has 21 heavy (non-hydrogen) atoms. The van der Waals surface area contributed by atoms with Crippen molar-refractivity contribution in [1.82, 2.24) is 15.1 Å². The predicted molar refractivity (Wildman–Crippen MR) is 80.0 cm³/mol. The molecule has 0 aliphatic rings. The largest absolute Gasteiger partial charge is 0.481 e. The average molecular weight is 295 g/mol. The number of aliphatic carboxylic acids is 1. The van der Waals surface area contributed by atoms with E-state index < -0.39 is 11.9 Å². The highest BCUT2D eigenvalue weighted by atomic mass is 16.4. The Kier molecular flexibility index (Phi) is 5.93. The molecule has 2 N–H and O–H groups in total. The third kappa shape index (κ3) is 4.58. The van der Waals surface area contributed by atoms with Crippen LogP contribution in [0.4, 0.5) is 0 Å². The van der Waals surface area contributed by atoms with Crippen LogP contribution in [-0.4, -0.2) is 33.3 Å². The molecular weight excluding hydrogens is 270 g/mol. The van der Waals surface area contributed by atoms with Crippen molar-refractivity contribution in [2.24, 2.45) is 18.9 Å². The molecule has 6 heteroatoms. The van der Waals surface area contributed by atoms with Crippen molar-refractivity contribution in [2.75, 3.05) is 6.54 Å². The maximum atomic E-state index is 11.9. The fraction of sp³-hybridized carbons (Fsp3) is 0.667. The molecule has 118 valence electrons. The maximum Gasteiger partial charge on any atom is 0.308 e. The van der Waals surface area contributed by atoms with Crippen LogP contribution in [-0.2, 0) is 23.1 Å². The molecule has 0 bridgehead atoms. The minimum absolute atomic E-state index is 0.00869. The van der Waals surface area contributed by atoms with Gasteiger partial charge in [-0.15, -0.1) is 0 Å². The summed E-state index contributed by atoms with van der Waals surface area (Å²) in [6, 6.07) is 0. The number of carbonyl (C=O) groups excluding carboxylic acids is 1. The summed E-state index contributed by atoms with van der Waals surface area (Å²) in [7, 11) is 1.88. The lowest BCUT2D eigenvalue weighted by Crippen LogP contribution is -2.35. The van der Waals surface area contributed by atoms with Crippen molar-refractivity contribution in [1.29, 1.82) is 0 Å². The predicted octanol–water partition coefficient (Wildman–Crippen LogP) is 1.44. The van der Waals surface area contributed by atoms with E-state index in [2.05, 4.69) is 10.4 Å². The molecule has 1 amide bonds. The molecule has 1 heterocycles. The Hall–Kier alpha value is -1.85. The minimum Gasteiger partial charge on any atom is -0.481 e. The molecule has 6 nitrogen and oxygen atoms in total. The lowest BCUT2D eigenvalue weighted by atomic mass is 9.96. The van der Waals surface area contributed by atoms with Crippen LogP contribution in [0.2, 0.25) is 0 Å². The van der Waals surface area contributed by atoms with E-state index in [0.29, 0.717) is 12.8 Å². The standard InChI is InChI=1S/C15H25N3O3/c1-9(2)13(15(20)21)8-16-14(19)7-6-12-10(3)17-18(5)11(12)4/h9,13H,6-8H2,1-5H3,(H,16,19)(H,20,21). The summed E-state index contributed by atoms with van der Waals surface area (Å²) in [4.78, 5) is 22.9. The molecule has 0 spiro atoms. The molecule has 1 unspecified atom stereocenters. The first kappa shape index (κ1) is 17.2. The highest BCUT2D eigenvalue weighted by Gasteiger charge is 2.22. The van der Waals surface area contributed by atoms with E-state index in [1.54, 1.807) is 0 Å². The summed E-state index contributed by atoms with van der Waals surface area (Å²) in [5.41, 5.74) is 3.09. The highest BCUT2D eigenvalue weighted by molar-refractivity contribution is 5.77. The van der Waals surface area contributed by atoms with Gasteiger partial charge in [0.2, 0.25) is 5.91 Å². The maximum absolute atomic E-state index is 11.9. The van der Waals surface area contributed by atoms with Crippen LogP contribution in [0, 0.1) is 25.7 Å². The summed E-state index contributed by atoms with van der Waals surface area (Å²) < 4.78 is 1.81. The monoisotopic (exact) mass is 295 g/mol. The van der Waals surface area contributed by atoms with Crippen molar-refractivity contribution in [3.63, 3.8) is 0 Å². The number of aryl methyl sites for hydroxylation is 2.